The second kappa shape index (κ2) is 9.15. The standard InChI is InChI=1S/C18H21N3O5S/c1-3-26-16-8-10-17(11-9-16)27(24,25)19-12-18(23)21-15-6-4-14(5-7-15)20-13(2)22/h4-11,19H,3,12H2,1-2H3,(H,20,22)(H,21,23). The first-order valence-corrected chi connectivity index (χ1v) is 9.68. The number of carbonyl (C=O) groups is 2. The maximum absolute atomic E-state index is 12.2. The fraction of sp³-hybridized carbons (Fsp3) is 0.222. The molecule has 2 aromatic rings. The number of carbonyl (C=O) groups excluding carboxylic acids is 2. The Kier molecular flexibility index (Phi) is 6.91. The first-order chi connectivity index (χ1) is 12.8. The highest BCUT2D eigenvalue weighted by atomic mass is 32.2. The minimum absolute atomic E-state index is 0.0402. The Balaban J connectivity index is 1.90. The molecule has 0 aliphatic carbocycles. The van der Waals surface area contributed by atoms with Crippen LogP contribution in [-0.4, -0.2) is 33.4 Å². The van der Waals surface area contributed by atoms with Crippen molar-refractivity contribution in [2.24, 2.45) is 0 Å². The molecule has 2 rings (SSSR count). The first kappa shape index (κ1) is 20.4. The second-order valence-electron chi connectivity index (χ2n) is 5.54. The number of sulfonamides is 1. The van der Waals surface area contributed by atoms with Gasteiger partial charge in [0.25, 0.3) is 0 Å². The molecule has 0 aliphatic heterocycles. The van der Waals surface area contributed by atoms with Gasteiger partial charge in [0, 0.05) is 18.3 Å². The van der Waals surface area contributed by atoms with E-state index < -0.39 is 22.5 Å². The van der Waals surface area contributed by atoms with Crippen molar-refractivity contribution in [3.8, 4) is 5.75 Å². The molecule has 0 heterocycles. The van der Waals surface area contributed by atoms with Gasteiger partial charge in [0.1, 0.15) is 5.75 Å². The van der Waals surface area contributed by atoms with Crippen LogP contribution in [0.1, 0.15) is 13.8 Å². The summed E-state index contributed by atoms with van der Waals surface area (Å²) in [7, 11) is -3.81. The third kappa shape index (κ3) is 6.39. The van der Waals surface area contributed by atoms with Crippen molar-refractivity contribution >= 4 is 33.2 Å². The van der Waals surface area contributed by atoms with Crippen molar-refractivity contribution in [1.82, 2.24) is 4.72 Å². The summed E-state index contributed by atoms with van der Waals surface area (Å²) in [6.45, 7) is 3.30. The van der Waals surface area contributed by atoms with Crippen LogP contribution in [0.25, 0.3) is 0 Å². The lowest BCUT2D eigenvalue weighted by Gasteiger charge is -2.09. The summed E-state index contributed by atoms with van der Waals surface area (Å²) in [5.74, 6) is -0.149. The number of hydrogen-bond donors (Lipinski definition) is 3. The van der Waals surface area contributed by atoms with Gasteiger partial charge < -0.3 is 15.4 Å². The summed E-state index contributed by atoms with van der Waals surface area (Å²) in [5.41, 5.74) is 1.08. The summed E-state index contributed by atoms with van der Waals surface area (Å²) in [5, 5.41) is 5.18. The molecule has 0 fully saturated rings. The van der Waals surface area contributed by atoms with Crippen molar-refractivity contribution in [1.29, 1.82) is 0 Å². The number of hydrogen-bond acceptors (Lipinski definition) is 5. The van der Waals surface area contributed by atoms with Crippen LogP contribution in [0.2, 0.25) is 0 Å². The van der Waals surface area contributed by atoms with Gasteiger partial charge in [0.2, 0.25) is 21.8 Å². The van der Waals surface area contributed by atoms with E-state index in [4.69, 9.17) is 4.74 Å². The molecule has 9 heteroatoms. The number of rotatable bonds is 8. The molecule has 0 unspecified atom stereocenters. The van der Waals surface area contributed by atoms with E-state index in [0.717, 1.165) is 0 Å². The monoisotopic (exact) mass is 391 g/mol. The van der Waals surface area contributed by atoms with E-state index >= 15 is 0 Å². The lowest BCUT2D eigenvalue weighted by molar-refractivity contribution is -0.115. The van der Waals surface area contributed by atoms with E-state index in [1.807, 2.05) is 6.92 Å². The Bertz CT molecular complexity index is 894. The van der Waals surface area contributed by atoms with Crippen LogP contribution in [0.15, 0.2) is 53.4 Å². The first-order valence-electron chi connectivity index (χ1n) is 8.20. The van der Waals surface area contributed by atoms with Gasteiger partial charge in [-0.15, -0.1) is 0 Å². The molecular formula is C18H21N3O5S. The van der Waals surface area contributed by atoms with Crippen LogP contribution in [0.4, 0.5) is 11.4 Å². The molecule has 3 N–H and O–H groups in total. The van der Waals surface area contributed by atoms with Gasteiger partial charge in [-0.05, 0) is 55.5 Å². The minimum atomic E-state index is -3.81. The number of amides is 2. The summed E-state index contributed by atoms with van der Waals surface area (Å²) in [4.78, 5) is 23.0. The van der Waals surface area contributed by atoms with Gasteiger partial charge in [-0.2, -0.15) is 0 Å². The average Bonchev–Trinajstić information content (AvgIpc) is 2.62. The zero-order valence-corrected chi connectivity index (χ0v) is 15.8. The van der Waals surface area contributed by atoms with E-state index in [2.05, 4.69) is 15.4 Å². The van der Waals surface area contributed by atoms with Gasteiger partial charge >= 0.3 is 0 Å². The fourth-order valence-corrected chi connectivity index (χ4v) is 3.15. The maximum Gasteiger partial charge on any atom is 0.241 e. The zero-order chi connectivity index (χ0) is 19.9. The van der Waals surface area contributed by atoms with E-state index in [0.29, 0.717) is 23.7 Å². The molecule has 0 bridgehead atoms. The van der Waals surface area contributed by atoms with Crippen molar-refractivity contribution in [3.63, 3.8) is 0 Å². The van der Waals surface area contributed by atoms with Gasteiger partial charge in [-0.3, -0.25) is 9.59 Å². The summed E-state index contributed by atoms with van der Waals surface area (Å²) in [6.07, 6.45) is 0. The topological polar surface area (TPSA) is 114 Å². The molecule has 0 radical (unpaired) electrons. The number of anilines is 2. The van der Waals surface area contributed by atoms with Crippen LogP contribution in [0.5, 0.6) is 5.75 Å². The predicted molar refractivity (Wildman–Crippen MR) is 102 cm³/mol. The highest BCUT2D eigenvalue weighted by Gasteiger charge is 2.15. The lowest BCUT2D eigenvalue weighted by atomic mass is 10.2. The van der Waals surface area contributed by atoms with Crippen LogP contribution >= 0.6 is 0 Å². The summed E-state index contributed by atoms with van der Waals surface area (Å²) >= 11 is 0. The summed E-state index contributed by atoms with van der Waals surface area (Å²) in [6, 6.07) is 12.4. The summed E-state index contributed by atoms with van der Waals surface area (Å²) < 4.78 is 32.0. The molecule has 0 aromatic heterocycles. The SMILES string of the molecule is CCOc1ccc(S(=O)(=O)NCC(=O)Nc2ccc(NC(C)=O)cc2)cc1. The van der Waals surface area contributed by atoms with Crippen LogP contribution < -0.4 is 20.1 Å². The highest BCUT2D eigenvalue weighted by molar-refractivity contribution is 7.89. The Morgan fingerprint density at radius 1 is 0.926 bits per heavy atom. The third-order valence-corrected chi connectivity index (χ3v) is 4.77. The van der Waals surface area contributed by atoms with E-state index in [1.165, 1.54) is 19.1 Å². The van der Waals surface area contributed by atoms with Crippen molar-refractivity contribution < 1.29 is 22.7 Å². The smallest absolute Gasteiger partial charge is 0.241 e. The molecule has 2 aromatic carbocycles. The Morgan fingerprint density at radius 2 is 1.48 bits per heavy atom. The van der Waals surface area contributed by atoms with Crippen LogP contribution in [0, 0.1) is 0 Å². The minimum Gasteiger partial charge on any atom is -0.494 e. The molecule has 27 heavy (non-hydrogen) atoms. The van der Waals surface area contributed by atoms with Crippen LogP contribution in [-0.2, 0) is 19.6 Å². The van der Waals surface area contributed by atoms with Gasteiger partial charge in [-0.25, -0.2) is 13.1 Å². The molecule has 144 valence electrons. The maximum atomic E-state index is 12.2. The van der Waals surface area contributed by atoms with Crippen molar-refractivity contribution in [2.45, 2.75) is 18.7 Å². The largest absolute Gasteiger partial charge is 0.494 e. The quantitative estimate of drug-likeness (QED) is 0.637. The van der Waals surface area contributed by atoms with Gasteiger partial charge in [0.15, 0.2) is 0 Å². The lowest BCUT2D eigenvalue weighted by Crippen LogP contribution is -2.32. The third-order valence-electron chi connectivity index (χ3n) is 3.36. The highest BCUT2D eigenvalue weighted by Crippen LogP contribution is 2.16. The van der Waals surface area contributed by atoms with Gasteiger partial charge in [-0.1, -0.05) is 0 Å². The number of benzene rings is 2. The predicted octanol–water partition coefficient (Wildman–Crippen LogP) is 1.96. The Morgan fingerprint density at radius 3 is 2.00 bits per heavy atom. The van der Waals surface area contributed by atoms with E-state index in [1.54, 1.807) is 36.4 Å². The molecular weight excluding hydrogens is 370 g/mol. The van der Waals surface area contributed by atoms with Crippen molar-refractivity contribution in [2.75, 3.05) is 23.8 Å². The molecule has 8 nitrogen and oxygen atoms in total. The fourth-order valence-electron chi connectivity index (χ4n) is 2.17. The molecule has 0 atom stereocenters. The number of ether oxygens (including phenoxy) is 1. The zero-order valence-electron chi connectivity index (χ0n) is 15.0. The van der Waals surface area contributed by atoms with Gasteiger partial charge in [0.05, 0.1) is 18.0 Å². The molecule has 0 saturated carbocycles. The van der Waals surface area contributed by atoms with E-state index in [9.17, 15) is 18.0 Å². The number of nitrogens with one attached hydrogen (secondary N) is 3. The van der Waals surface area contributed by atoms with Crippen molar-refractivity contribution in [3.05, 3.63) is 48.5 Å². The normalized spacial score (nSPS) is 10.9. The molecule has 0 spiro atoms. The second-order valence-corrected chi connectivity index (χ2v) is 7.30. The van der Waals surface area contributed by atoms with E-state index in [-0.39, 0.29) is 10.8 Å². The Labute approximate surface area is 158 Å². The average molecular weight is 391 g/mol. The van der Waals surface area contributed by atoms with Crippen LogP contribution in [0.3, 0.4) is 0 Å². The Hall–Kier alpha value is -2.91. The molecule has 0 saturated heterocycles. The molecule has 2 amide bonds. The molecule has 0 aliphatic rings.